The van der Waals surface area contributed by atoms with Crippen LogP contribution < -0.4 is 0 Å². The van der Waals surface area contributed by atoms with Gasteiger partial charge >= 0.3 is 0 Å². The summed E-state index contributed by atoms with van der Waals surface area (Å²) < 4.78 is 1.21. The fraction of sp³-hybridized carbons (Fsp3) is 0. The largest absolute Gasteiger partial charge is 0.298 e. The second kappa shape index (κ2) is 4.56. The Kier molecular flexibility index (Phi) is 2.90. The van der Waals surface area contributed by atoms with Crippen molar-refractivity contribution < 1.29 is 4.79 Å². The van der Waals surface area contributed by atoms with Gasteiger partial charge < -0.3 is 0 Å². The normalized spacial score (nSPS) is 10.7. The molecular weight excluding hydrogens is 264 g/mol. The van der Waals surface area contributed by atoms with Crippen LogP contribution in [-0.2, 0) is 0 Å². The van der Waals surface area contributed by atoms with Crippen molar-refractivity contribution in [3.8, 4) is 10.4 Å². The summed E-state index contributed by atoms with van der Waals surface area (Å²) in [7, 11) is 0. The third-order valence-electron chi connectivity index (χ3n) is 2.83. The summed E-state index contributed by atoms with van der Waals surface area (Å²) in [5, 5.41) is 1.84. The Hall–Kier alpha value is -1.64. The van der Waals surface area contributed by atoms with Gasteiger partial charge in [-0.1, -0.05) is 29.8 Å². The molecule has 0 N–H and O–H groups in total. The van der Waals surface area contributed by atoms with Crippen molar-refractivity contribution in [1.82, 2.24) is 0 Å². The van der Waals surface area contributed by atoms with E-state index in [0.717, 1.165) is 16.7 Å². The summed E-state index contributed by atoms with van der Waals surface area (Å²) in [5.74, 6) is 0. The molecule has 0 amide bonds. The maximum Gasteiger partial charge on any atom is 0.150 e. The average Bonchev–Trinajstić information content (AvgIpc) is 2.82. The molecule has 0 saturated heterocycles. The van der Waals surface area contributed by atoms with Gasteiger partial charge in [0.1, 0.15) is 0 Å². The first kappa shape index (κ1) is 11.5. The van der Waals surface area contributed by atoms with Crippen LogP contribution in [0.25, 0.3) is 20.5 Å². The number of rotatable bonds is 2. The van der Waals surface area contributed by atoms with E-state index in [2.05, 4.69) is 18.2 Å². The smallest absolute Gasteiger partial charge is 0.150 e. The molecule has 0 radical (unpaired) electrons. The summed E-state index contributed by atoms with van der Waals surface area (Å²) in [5.41, 5.74) is 1.57. The molecule has 0 aliphatic carbocycles. The molecule has 88 valence electrons. The van der Waals surface area contributed by atoms with E-state index < -0.39 is 0 Å². The van der Waals surface area contributed by atoms with E-state index in [1.165, 1.54) is 10.1 Å². The van der Waals surface area contributed by atoms with E-state index in [0.29, 0.717) is 10.6 Å². The molecule has 3 rings (SSSR count). The van der Waals surface area contributed by atoms with Crippen molar-refractivity contribution >= 4 is 39.3 Å². The van der Waals surface area contributed by atoms with Crippen LogP contribution >= 0.6 is 22.9 Å². The van der Waals surface area contributed by atoms with Gasteiger partial charge in [0.25, 0.3) is 0 Å². The monoisotopic (exact) mass is 272 g/mol. The molecule has 1 aromatic heterocycles. The topological polar surface area (TPSA) is 17.1 Å². The molecule has 0 saturated carbocycles. The molecule has 1 nitrogen and oxygen atoms in total. The zero-order valence-electron chi connectivity index (χ0n) is 9.39. The zero-order chi connectivity index (χ0) is 12.5. The van der Waals surface area contributed by atoms with Crippen LogP contribution in [-0.4, -0.2) is 6.29 Å². The lowest BCUT2D eigenvalue weighted by molar-refractivity contribution is 0.112. The van der Waals surface area contributed by atoms with Crippen LogP contribution in [0.3, 0.4) is 0 Å². The molecule has 0 fully saturated rings. The predicted octanol–water partition coefficient (Wildman–Crippen LogP) is 5.03. The first-order valence-corrected chi connectivity index (χ1v) is 6.71. The van der Waals surface area contributed by atoms with Crippen LogP contribution in [0.2, 0.25) is 5.02 Å². The SMILES string of the molecule is O=Cc1ccc(Cl)cc1-c1cc2ccccc2s1. The quantitative estimate of drug-likeness (QED) is 0.598. The van der Waals surface area contributed by atoms with Crippen LogP contribution in [0.1, 0.15) is 10.4 Å². The standard InChI is InChI=1S/C15H9ClOS/c16-12-6-5-11(9-17)13(8-12)15-7-10-3-1-2-4-14(10)18-15/h1-9H. The maximum atomic E-state index is 11.1. The first-order valence-electron chi connectivity index (χ1n) is 5.51. The summed E-state index contributed by atoms with van der Waals surface area (Å²) in [4.78, 5) is 12.2. The van der Waals surface area contributed by atoms with Crippen LogP contribution in [0.15, 0.2) is 48.5 Å². The number of aldehydes is 1. The molecule has 0 aliphatic rings. The van der Waals surface area contributed by atoms with Crippen molar-refractivity contribution in [1.29, 1.82) is 0 Å². The molecule has 2 aromatic carbocycles. The Morgan fingerprint density at radius 2 is 1.89 bits per heavy atom. The minimum Gasteiger partial charge on any atom is -0.298 e. The minimum atomic E-state index is 0.646. The van der Waals surface area contributed by atoms with E-state index >= 15 is 0 Å². The lowest BCUT2D eigenvalue weighted by Crippen LogP contribution is -1.84. The van der Waals surface area contributed by atoms with E-state index in [-0.39, 0.29) is 0 Å². The fourth-order valence-corrected chi connectivity index (χ4v) is 3.23. The van der Waals surface area contributed by atoms with Gasteiger partial charge in [-0.2, -0.15) is 0 Å². The molecule has 0 bridgehead atoms. The summed E-state index contributed by atoms with van der Waals surface area (Å²) in [6.45, 7) is 0. The van der Waals surface area contributed by atoms with Gasteiger partial charge in [-0.25, -0.2) is 0 Å². The number of thiophene rings is 1. The Balaban J connectivity index is 2.25. The van der Waals surface area contributed by atoms with Crippen molar-refractivity contribution in [3.05, 3.63) is 59.1 Å². The Bertz CT molecular complexity index is 697. The summed E-state index contributed by atoms with van der Waals surface area (Å²) >= 11 is 7.68. The predicted molar refractivity (Wildman–Crippen MR) is 77.7 cm³/mol. The van der Waals surface area contributed by atoms with Crippen molar-refractivity contribution in [2.75, 3.05) is 0 Å². The highest BCUT2D eigenvalue weighted by atomic mass is 35.5. The first-order chi connectivity index (χ1) is 8.78. The zero-order valence-corrected chi connectivity index (χ0v) is 11.0. The molecule has 0 aliphatic heterocycles. The van der Waals surface area contributed by atoms with Crippen LogP contribution in [0.4, 0.5) is 0 Å². The van der Waals surface area contributed by atoms with Gasteiger partial charge in [0.05, 0.1) is 0 Å². The second-order valence-electron chi connectivity index (χ2n) is 4.00. The molecule has 3 aromatic rings. The van der Waals surface area contributed by atoms with Gasteiger partial charge in [-0.05, 0) is 35.7 Å². The van der Waals surface area contributed by atoms with Crippen LogP contribution in [0, 0.1) is 0 Å². The fourth-order valence-electron chi connectivity index (χ4n) is 1.96. The van der Waals surface area contributed by atoms with Crippen molar-refractivity contribution in [2.24, 2.45) is 0 Å². The molecule has 3 heteroatoms. The number of fused-ring (bicyclic) bond motifs is 1. The Morgan fingerprint density at radius 1 is 1.06 bits per heavy atom. The Labute approximate surface area is 114 Å². The summed E-state index contributed by atoms with van der Waals surface area (Å²) in [6.07, 6.45) is 0.871. The number of benzene rings is 2. The average molecular weight is 273 g/mol. The molecule has 1 heterocycles. The second-order valence-corrected chi connectivity index (χ2v) is 5.52. The lowest BCUT2D eigenvalue weighted by atomic mass is 10.1. The molecule has 0 atom stereocenters. The van der Waals surface area contributed by atoms with E-state index in [4.69, 9.17) is 11.6 Å². The van der Waals surface area contributed by atoms with Gasteiger partial charge in [0.2, 0.25) is 0 Å². The third-order valence-corrected chi connectivity index (χ3v) is 4.22. The number of hydrogen-bond donors (Lipinski definition) is 0. The van der Waals surface area contributed by atoms with Gasteiger partial charge in [-0.3, -0.25) is 4.79 Å². The molecule has 0 spiro atoms. The number of carbonyl (C=O) groups is 1. The van der Waals surface area contributed by atoms with E-state index in [1.54, 1.807) is 23.5 Å². The van der Waals surface area contributed by atoms with E-state index in [9.17, 15) is 4.79 Å². The molecule has 0 unspecified atom stereocenters. The lowest BCUT2D eigenvalue weighted by Gasteiger charge is -2.02. The van der Waals surface area contributed by atoms with Crippen molar-refractivity contribution in [2.45, 2.75) is 0 Å². The molecule has 18 heavy (non-hydrogen) atoms. The highest BCUT2D eigenvalue weighted by Crippen LogP contribution is 2.35. The van der Waals surface area contributed by atoms with Crippen LogP contribution in [0.5, 0.6) is 0 Å². The third kappa shape index (κ3) is 1.94. The maximum absolute atomic E-state index is 11.1. The van der Waals surface area contributed by atoms with Gasteiger partial charge in [-0.15, -0.1) is 11.3 Å². The minimum absolute atomic E-state index is 0.646. The number of halogens is 1. The highest BCUT2D eigenvalue weighted by molar-refractivity contribution is 7.22. The molecular formula is C15H9ClOS. The van der Waals surface area contributed by atoms with E-state index in [1.807, 2.05) is 18.2 Å². The number of carbonyl (C=O) groups excluding carboxylic acids is 1. The number of hydrogen-bond acceptors (Lipinski definition) is 2. The highest BCUT2D eigenvalue weighted by Gasteiger charge is 2.09. The Morgan fingerprint density at radius 3 is 2.67 bits per heavy atom. The van der Waals surface area contributed by atoms with Gasteiger partial charge in [0.15, 0.2) is 6.29 Å². The van der Waals surface area contributed by atoms with Crippen molar-refractivity contribution in [3.63, 3.8) is 0 Å². The summed E-state index contributed by atoms with van der Waals surface area (Å²) in [6, 6.07) is 15.6. The van der Waals surface area contributed by atoms with Gasteiger partial charge in [0, 0.05) is 25.7 Å².